The number of nitrogens with two attached hydrogens (primary N) is 1. The first-order valence-electron chi connectivity index (χ1n) is 5.84. The van der Waals surface area contributed by atoms with Crippen LogP contribution >= 0.6 is 15.9 Å². The lowest BCUT2D eigenvalue weighted by molar-refractivity contribution is 0.0495. The van der Waals surface area contributed by atoms with Crippen molar-refractivity contribution < 1.29 is 9.53 Å². The molecule has 100 valence electrons. The Kier molecular flexibility index (Phi) is 4.57. The average molecular weight is 324 g/mol. The first kappa shape index (κ1) is 13.6. The highest BCUT2D eigenvalue weighted by Gasteiger charge is 2.11. The fraction of sp³-hybridized carbons (Fsp3) is 0.231. The van der Waals surface area contributed by atoms with Gasteiger partial charge in [-0.05, 0) is 40.5 Å². The van der Waals surface area contributed by atoms with Gasteiger partial charge < -0.3 is 15.0 Å². The summed E-state index contributed by atoms with van der Waals surface area (Å²) in [4.78, 5) is 15.8. The number of carbonyl (C=O) groups is 1. The van der Waals surface area contributed by atoms with E-state index < -0.39 is 0 Å². The van der Waals surface area contributed by atoms with Crippen molar-refractivity contribution in [3.63, 3.8) is 0 Å². The molecular weight excluding hydrogens is 310 g/mol. The highest BCUT2D eigenvalue weighted by atomic mass is 79.9. The Bertz CT molecular complexity index is 555. The highest BCUT2D eigenvalue weighted by Crippen LogP contribution is 2.20. The molecule has 1 aromatic carbocycles. The van der Waals surface area contributed by atoms with E-state index in [1.54, 1.807) is 30.7 Å². The van der Waals surface area contributed by atoms with Crippen LogP contribution in [0.5, 0.6) is 0 Å². The fourth-order valence-corrected chi connectivity index (χ4v) is 2.02. The van der Waals surface area contributed by atoms with Crippen LogP contribution in [0.2, 0.25) is 0 Å². The molecule has 2 N–H and O–H groups in total. The summed E-state index contributed by atoms with van der Waals surface area (Å²) in [7, 11) is 0. The van der Waals surface area contributed by atoms with E-state index in [4.69, 9.17) is 10.5 Å². The molecule has 0 aliphatic carbocycles. The molecule has 1 aromatic heterocycles. The minimum atomic E-state index is -0.371. The first-order chi connectivity index (χ1) is 9.16. The number of esters is 1. The molecule has 6 heteroatoms. The number of aromatic nitrogens is 2. The number of rotatable bonds is 5. The number of nitrogens with zero attached hydrogens (tertiary/aromatic N) is 2. The number of carbonyl (C=O) groups excluding carboxylic acids is 1. The number of anilines is 1. The van der Waals surface area contributed by atoms with E-state index in [2.05, 4.69) is 20.9 Å². The molecule has 5 nitrogen and oxygen atoms in total. The van der Waals surface area contributed by atoms with Gasteiger partial charge in [-0.1, -0.05) is 0 Å². The van der Waals surface area contributed by atoms with Crippen molar-refractivity contribution in [3.8, 4) is 0 Å². The Balaban J connectivity index is 1.82. The molecule has 2 aromatic rings. The molecule has 0 saturated heterocycles. The van der Waals surface area contributed by atoms with Gasteiger partial charge in [0.25, 0.3) is 0 Å². The van der Waals surface area contributed by atoms with Crippen LogP contribution in [-0.4, -0.2) is 22.1 Å². The van der Waals surface area contributed by atoms with Crippen LogP contribution in [0.15, 0.2) is 41.4 Å². The van der Waals surface area contributed by atoms with Crippen molar-refractivity contribution in [2.45, 2.75) is 13.0 Å². The van der Waals surface area contributed by atoms with Crippen LogP contribution in [0.25, 0.3) is 0 Å². The van der Waals surface area contributed by atoms with Gasteiger partial charge >= 0.3 is 5.97 Å². The lowest BCUT2D eigenvalue weighted by Gasteiger charge is -2.07. The molecule has 0 aliphatic heterocycles. The zero-order chi connectivity index (χ0) is 13.7. The molecule has 0 aliphatic rings. The topological polar surface area (TPSA) is 70.1 Å². The predicted octanol–water partition coefficient (Wildman–Crippen LogP) is 2.47. The van der Waals surface area contributed by atoms with Crippen molar-refractivity contribution >= 4 is 27.6 Å². The van der Waals surface area contributed by atoms with Crippen molar-refractivity contribution in [2.24, 2.45) is 0 Å². The van der Waals surface area contributed by atoms with E-state index in [1.165, 1.54) is 0 Å². The van der Waals surface area contributed by atoms with Gasteiger partial charge in [-0.3, -0.25) is 0 Å². The molecule has 2 rings (SSSR count). The van der Waals surface area contributed by atoms with Crippen molar-refractivity contribution in [1.82, 2.24) is 9.55 Å². The quantitative estimate of drug-likeness (QED) is 0.521. The Morgan fingerprint density at radius 3 is 3.05 bits per heavy atom. The number of hydrogen-bond donors (Lipinski definition) is 1. The third-order valence-electron chi connectivity index (χ3n) is 2.56. The Hall–Kier alpha value is -1.82. The smallest absolute Gasteiger partial charge is 0.339 e. The maximum absolute atomic E-state index is 11.9. The molecule has 0 bridgehead atoms. The van der Waals surface area contributed by atoms with Gasteiger partial charge in [-0.15, -0.1) is 0 Å². The van der Waals surface area contributed by atoms with Crippen molar-refractivity contribution in [3.05, 3.63) is 47.0 Å². The first-order valence-corrected chi connectivity index (χ1v) is 6.64. The molecule has 0 saturated carbocycles. The summed E-state index contributed by atoms with van der Waals surface area (Å²) in [6.45, 7) is 1.13. The summed E-state index contributed by atoms with van der Waals surface area (Å²) in [6, 6.07) is 5.06. The zero-order valence-corrected chi connectivity index (χ0v) is 11.8. The largest absolute Gasteiger partial charge is 0.462 e. The summed E-state index contributed by atoms with van der Waals surface area (Å²) >= 11 is 3.30. The van der Waals surface area contributed by atoms with Crippen molar-refractivity contribution in [1.29, 1.82) is 0 Å². The number of nitrogen functional groups attached to an aromatic ring is 1. The van der Waals surface area contributed by atoms with E-state index in [9.17, 15) is 4.79 Å². The third kappa shape index (κ3) is 3.82. The number of aryl methyl sites for hydroxylation is 1. The van der Waals surface area contributed by atoms with Crippen LogP contribution in [-0.2, 0) is 11.3 Å². The number of ether oxygens (including phenoxy) is 1. The minimum absolute atomic E-state index is 0.359. The van der Waals surface area contributed by atoms with E-state index in [1.807, 2.05) is 10.8 Å². The molecule has 0 amide bonds. The second-order valence-electron chi connectivity index (χ2n) is 4.03. The molecule has 0 spiro atoms. The maximum Gasteiger partial charge on any atom is 0.339 e. The Morgan fingerprint density at radius 1 is 1.47 bits per heavy atom. The van der Waals surface area contributed by atoms with Gasteiger partial charge in [-0.2, -0.15) is 0 Å². The SMILES string of the molecule is Nc1ccc(Br)c(C(=O)OCCCn2ccnc2)c1. The standard InChI is InChI=1S/C13H14BrN3O2/c14-12-3-2-10(15)8-11(12)13(18)19-7-1-5-17-6-4-16-9-17/h2-4,6,8-9H,1,5,7,15H2. The Morgan fingerprint density at radius 2 is 2.32 bits per heavy atom. The van der Waals surface area contributed by atoms with Gasteiger partial charge in [0.05, 0.1) is 18.5 Å². The minimum Gasteiger partial charge on any atom is -0.462 e. The van der Waals surface area contributed by atoms with Crippen LogP contribution in [0.3, 0.4) is 0 Å². The number of imidazole rings is 1. The molecule has 0 fully saturated rings. The van der Waals surface area contributed by atoms with Crippen LogP contribution in [0.1, 0.15) is 16.8 Å². The predicted molar refractivity (Wildman–Crippen MR) is 75.7 cm³/mol. The molecule has 0 radical (unpaired) electrons. The zero-order valence-electron chi connectivity index (χ0n) is 10.3. The summed E-state index contributed by atoms with van der Waals surface area (Å²) in [5, 5.41) is 0. The molecular formula is C13H14BrN3O2. The van der Waals surface area contributed by atoms with Crippen LogP contribution in [0, 0.1) is 0 Å². The lowest BCUT2D eigenvalue weighted by Crippen LogP contribution is -2.09. The summed E-state index contributed by atoms with van der Waals surface area (Å²) in [5.41, 5.74) is 6.63. The van der Waals surface area contributed by atoms with Gasteiger partial charge in [0.15, 0.2) is 0 Å². The molecule has 0 atom stereocenters. The van der Waals surface area contributed by atoms with Gasteiger partial charge in [0.1, 0.15) is 0 Å². The van der Waals surface area contributed by atoms with E-state index in [0.717, 1.165) is 13.0 Å². The summed E-state index contributed by atoms with van der Waals surface area (Å²) in [6.07, 6.45) is 6.06. The van der Waals surface area contributed by atoms with Crippen LogP contribution in [0.4, 0.5) is 5.69 Å². The van der Waals surface area contributed by atoms with E-state index in [0.29, 0.717) is 22.3 Å². The van der Waals surface area contributed by atoms with E-state index >= 15 is 0 Å². The fourth-order valence-electron chi connectivity index (χ4n) is 1.61. The molecule has 19 heavy (non-hydrogen) atoms. The third-order valence-corrected chi connectivity index (χ3v) is 3.25. The average Bonchev–Trinajstić information content (AvgIpc) is 2.90. The van der Waals surface area contributed by atoms with Crippen LogP contribution < -0.4 is 5.73 Å². The van der Waals surface area contributed by atoms with Crippen molar-refractivity contribution in [2.75, 3.05) is 12.3 Å². The lowest BCUT2D eigenvalue weighted by atomic mass is 10.2. The normalized spacial score (nSPS) is 10.4. The van der Waals surface area contributed by atoms with E-state index in [-0.39, 0.29) is 5.97 Å². The highest BCUT2D eigenvalue weighted by molar-refractivity contribution is 9.10. The van der Waals surface area contributed by atoms with Gasteiger partial charge in [0.2, 0.25) is 0 Å². The number of hydrogen-bond acceptors (Lipinski definition) is 4. The molecule has 1 heterocycles. The second-order valence-corrected chi connectivity index (χ2v) is 4.88. The Labute approximate surface area is 119 Å². The van der Waals surface area contributed by atoms with Gasteiger partial charge in [0, 0.05) is 29.1 Å². The number of benzene rings is 1. The maximum atomic E-state index is 11.9. The molecule has 0 unspecified atom stereocenters. The monoisotopic (exact) mass is 323 g/mol. The second kappa shape index (κ2) is 6.38. The summed E-state index contributed by atoms with van der Waals surface area (Å²) in [5.74, 6) is -0.371. The number of halogens is 1. The van der Waals surface area contributed by atoms with Gasteiger partial charge in [-0.25, -0.2) is 9.78 Å². The summed E-state index contributed by atoms with van der Waals surface area (Å²) < 4.78 is 7.82.